The van der Waals surface area contributed by atoms with Crippen LogP contribution in [0.3, 0.4) is 0 Å². The molecule has 0 aromatic carbocycles. The molecule has 1 rings (SSSR count). The molecule has 1 aliphatic heterocycles. The highest BCUT2D eigenvalue weighted by molar-refractivity contribution is 5.88. The molecule has 0 aliphatic carbocycles. The van der Waals surface area contributed by atoms with E-state index in [1.54, 1.807) is 0 Å². The summed E-state index contributed by atoms with van der Waals surface area (Å²) in [5.74, 6) is 0.115. The summed E-state index contributed by atoms with van der Waals surface area (Å²) in [6.45, 7) is 10.8. The Hall–Kier alpha value is -0.940. The lowest BCUT2D eigenvalue weighted by Gasteiger charge is -2.38. The van der Waals surface area contributed by atoms with Crippen LogP contribution in [0.2, 0.25) is 0 Å². The quantitative estimate of drug-likeness (QED) is 0.781. The fourth-order valence-electron chi connectivity index (χ4n) is 2.75. The van der Waals surface area contributed by atoms with Crippen molar-refractivity contribution in [3.05, 3.63) is 0 Å². The Kier molecular flexibility index (Phi) is 6.62. The SMILES string of the molecule is CCC1CN(CC(=O)NC(C(C)=O)C(C)C)CCN1C. The zero-order valence-corrected chi connectivity index (χ0v) is 13.5. The number of rotatable bonds is 6. The number of nitrogens with zero attached hydrogens (tertiary/aromatic N) is 2. The zero-order valence-electron chi connectivity index (χ0n) is 13.5. The monoisotopic (exact) mass is 283 g/mol. The van der Waals surface area contributed by atoms with E-state index in [1.165, 1.54) is 6.92 Å². The molecule has 20 heavy (non-hydrogen) atoms. The first kappa shape index (κ1) is 17.1. The van der Waals surface area contributed by atoms with Crippen LogP contribution in [0, 0.1) is 5.92 Å². The molecule has 2 atom stereocenters. The predicted molar refractivity (Wildman–Crippen MR) is 80.6 cm³/mol. The topological polar surface area (TPSA) is 52.7 Å². The number of Topliss-reactive ketones (excluding diaryl/α,β-unsaturated/α-hetero) is 1. The maximum absolute atomic E-state index is 12.1. The Morgan fingerprint density at radius 3 is 2.45 bits per heavy atom. The summed E-state index contributed by atoms with van der Waals surface area (Å²) in [6, 6.07) is 0.155. The second kappa shape index (κ2) is 7.74. The van der Waals surface area contributed by atoms with Gasteiger partial charge in [0.15, 0.2) is 5.78 Å². The number of hydrogen-bond acceptors (Lipinski definition) is 4. The molecule has 1 amide bonds. The Morgan fingerprint density at radius 1 is 1.30 bits per heavy atom. The van der Waals surface area contributed by atoms with Gasteiger partial charge in [-0.2, -0.15) is 0 Å². The van der Waals surface area contributed by atoms with Gasteiger partial charge in [0.05, 0.1) is 12.6 Å². The molecule has 1 saturated heterocycles. The van der Waals surface area contributed by atoms with E-state index < -0.39 is 0 Å². The summed E-state index contributed by atoms with van der Waals surface area (Å²) in [5, 5.41) is 2.86. The van der Waals surface area contributed by atoms with Crippen LogP contribution in [0.25, 0.3) is 0 Å². The molecular formula is C15H29N3O2. The fourth-order valence-corrected chi connectivity index (χ4v) is 2.75. The Labute approximate surface area is 122 Å². The van der Waals surface area contributed by atoms with Crippen LogP contribution < -0.4 is 5.32 Å². The van der Waals surface area contributed by atoms with E-state index in [0.717, 1.165) is 26.1 Å². The van der Waals surface area contributed by atoms with Crippen molar-refractivity contribution in [2.24, 2.45) is 5.92 Å². The van der Waals surface area contributed by atoms with Crippen molar-refractivity contribution >= 4 is 11.7 Å². The van der Waals surface area contributed by atoms with Gasteiger partial charge in [0, 0.05) is 25.7 Å². The minimum absolute atomic E-state index is 0.0261. The fraction of sp³-hybridized carbons (Fsp3) is 0.867. The van der Waals surface area contributed by atoms with Gasteiger partial charge in [0.1, 0.15) is 0 Å². The number of carbonyl (C=O) groups is 2. The number of piperazine rings is 1. The highest BCUT2D eigenvalue weighted by Crippen LogP contribution is 2.10. The third kappa shape index (κ3) is 4.87. The molecule has 0 saturated carbocycles. The van der Waals surface area contributed by atoms with Gasteiger partial charge < -0.3 is 10.2 Å². The van der Waals surface area contributed by atoms with Crippen LogP contribution in [0.4, 0.5) is 0 Å². The molecule has 0 bridgehead atoms. The molecule has 1 fully saturated rings. The predicted octanol–water partition coefficient (Wildman–Crippen LogP) is 0.742. The second-order valence-corrected chi connectivity index (χ2v) is 6.18. The van der Waals surface area contributed by atoms with Crippen molar-refractivity contribution in [3.63, 3.8) is 0 Å². The summed E-state index contributed by atoms with van der Waals surface area (Å²) in [6.07, 6.45) is 1.09. The molecule has 116 valence electrons. The van der Waals surface area contributed by atoms with Crippen molar-refractivity contribution < 1.29 is 9.59 Å². The van der Waals surface area contributed by atoms with Gasteiger partial charge in [-0.15, -0.1) is 0 Å². The van der Waals surface area contributed by atoms with Gasteiger partial charge in [0.25, 0.3) is 0 Å². The van der Waals surface area contributed by atoms with Crippen molar-refractivity contribution in [2.75, 3.05) is 33.2 Å². The first-order valence-electron chi connectivity index (χ1n) is 7.57. The molecule has 2 unspecified atom stereocenters. The van der Waals surface area contributed by atoms with Gasteiger partial charge in [-0.3, -0.25) is 14.5 Å². The largest absolute Gasteiger partial charge is 0.345 e. The van der Waals surface area contributed by atoms with Crippen LogP contribution in [-0.4, -0.2) is 66.8 Å². The smallest absolute Gasteiger partial charge is 0.234 e. The normalized spacial score (nSPS) is 22.8. The van der Waals surface area contributed by atoms with E-state index in [-0.39, 0.29) is 23.7 Å². The molecule has 0 spiro atoms. The summed E-state index contributed by atoms with van der Waals surface area (Å²) >= 11 is 0. The van der Waals surface area contributed by atoms with E-state index in [1.807, 2.05) is 13.8 Å². The number of amides is 1. The highest BCUT2D eigenvalue weighted by atomic mass is 16.2. The van der Waals surface area contributed by atoms with Crippen molar-refractivity contribution in [1.29, 1.82) is 0 Å². The van der Waals surface area contributed by atoms with Crippen LogP contribution in [0.15, 0.2) is 0 Å². The lowest BCUT2D eigenvalue weighted by molar-refractivity contribution is -0.128. The average Bonchev–Trinajstić information content (AvgIpc) is 2.37. The molecular weight excluding hydrogens is 254 g/mol. The molecule has 1 heterocycles. The third-order valence-electron chi connectivity index (χ3n) is 4.12. The van der Waals surface area contributed by atoms with E-state index >= 15 is 0 Å². The standard InChI is InChI=1S/C15H29N3O2/c1-6-13-9-18(8-7-17(13)5)10-14(20)16-15(11(2)3)12(4)19/h11,13,15H,6-10H2,1-5H3,(H,16,20). The number of hydrogen-bond donors (Lipinski definition) is 1. The molecule has 1 N–H and O–H groups in total. The van der Waals surface area contributed by atoms with Gasteiger partial charge in [-0.1, -0.05) is 20.8 Å². The lowest BCUT2D eigenvalue weighted by atomic mass is 10.0. The third-order valence-corrected chi connectivity index (χ3v) is 4.12. The maximum atomic E-state index is 12.1. The van der Waals surface area contributed by atoms with Gasteiger partial charge >= 0.3 is 0 Å². The first-order valence-corrected chi connectivity index (χ1v) is 7.57. The second-order valence-electron chi connectivity index (χ2n) is 6.18. The average molecular weight is 283 g/mol. The van der Waals surface area contributed by atoms with Crippen molar-refractivity contribution in [3.8, 4) is 0 Å². The number of ketones is 1. The maximum Gasteiger partial charge on any atom is 0.234 e. The van der Waals surface area contributed by atoms with E-state index in [0.29, 0.717) is 12.6 Å². The van der Waals surface area contributed by atoms with Crippen LogP contribution in [0.5, 0.6) is 0 Å². The van der Waals surface area contributed by atoms with E-state index in [9.17, 15) is 9.59 Å². The van der Waals surface area contributed by atoms with Crippen LogP contribution >= 0.6 is 0 Å². The molecule has 1 aliphatic rings. The van der Waals surface area contributed by atoms with Crippen LogP contribution in [-0.2, 0) is 9.59 Å². The van der Waals surface area contributed by atoms with Gasteiger partial charge in [-0.25, -0.2) is 0 Å². The van der Waals surface area contributed by atoms with Crippen molar-refractivity contribution in [2.45, 2.75) is 46.2 Å². The molecule has 0 radical (unpaired) electrons. The molecule has 5 nitrogen and oxygen atoms in total. The minimum atomic E-state index is -0.364. The Morgan fingerprint density at radius 2 is 1.95 bits per heavy atom. The van der Waals surface area contributed by atoms with Gasteiger partial charge in [0.2, 0.25) is 5.91 Å². The number of likely N-dealkylation sites (N-methyl/N-ethyl adjacent to an activating group) is 1. The van der Waals surface area contributed by atoms with E-state index in [4.69, 9.17) is 0 Å². The minimum Gasteiger partial charge on any atom is -0.345 e. The number of nitrogens with one attached hydrogen (secondary N) is 1. The summed E-state index contributed by atoms with van der Waals surface area (Å²) in [5.41, 5.74) is 0. The van der Waals surface area contributed by atoms with Crippen molar-refractivity contribution in [1.82, 2.24) is 15.1 Å². The summed E-state index contributed by atoms with van der Waals surface area (Å²) < 4.78 is 0. The van der Waals surface area contributed by atoms with Gasteiger partial charge in [-0.05, 0) is 26.3 Å². The van der Waals surface area contributed by atoms with Crippen LogP contribution in [0.1, 0.15) is 34.1 Å². The molecule has 0 aromatic heterocycles. The van der Waals surface area contributed by atoms with E-state index in [2.05, 4.69) is 29.1 Å². The Balaban J connectivity index is 2.48. The Bertz CT molecular complexity index is 344. The summed E-state index contributed by atoms with van der Waals surface area (Å²) in [4.78, 5) is 28.1. The highest BCUT2D eigenvalue weighted by Gasteiger charge is 2.26. The number of carbonyl (C=O) groups excluding carboxylic acids is 2. The molecule has 0 aromatic rings. The zero-order chi connectivity index (χ0) is 15.3. The summed E-state index contributed by atoms with van der Waals surface area (Å²) in [7, 11) is 2.14. The lowest BCUT2D eigenvalue weighted by Crippen LogP contribution is -2.54. The first-order chi connectivity index (χ1) is 9.35. The molecule has 5 heteroatoms.